The van der Waals surface area contributed by atoms with E-state index in [0.29, 0.717) is 13.1 Å². The monoisotopic (exact) mass is 371 g/mol. The summed E-state index contributed by atoms with van der Waals surface area (Å²) in [5, 5.41) is -0.625. The van der Waals surface area contributed by atoms with Gasteiger partial charge in [0.05, 0.1) is 10.3 Å². The van der Waals surface area contributed by atoms with Gasteiger partial charge in [0.15, 0.2) is 0 Å². The van der Waals surface area contributed by atoms with Crippen LogP contribution in [0.2, 0.25) is 0 Å². The molecular formula is C15H15BrClNOS. The highest BCUT2D eigenvalue weighted by Crippen LogP contribution is 2.26. The van der Waals surface area contributed by atoms with E-state index in [2.05, 4.69) is 15.9 Å². The van der Waals surface area contributed by atoms with Gasteiger partial charge in [-0.15, -0.1) is 22.9 Å². The summed E-state index contributed by atoms with van der Waals surface area (Å²) in [6.45, 7) is 3.21. The summed E-state index contributed by atoms with van der Waals surface area (Å²) in [6.07, 6.45) is 0. The second-order valence-electron chi connectivity index (χ2n) is 4.33. The predicted molar refractivity (Wildman–Crippen MR) is 88.1 cm³/mol. The van der Waals surface area contributed by atoms with Crippen molar-refractivity contribution >= 4 is 44.8 Å². The lowest BCUT2D eigenvalue weighted by Crippen LogP contribution is -2.32. The van der Waals surface area contributed by atoms with E-state index in [-0.39, 0.29) is 5.91 Å². The van der Waals surface area contributed by atoms with Crippen LogP contribution in [0.5, 0.6) is 0 Å². The Morgan fingerprint density at radius 3 is 2.55 bits per heavy atom. The van der Waals surface area contributed by atoms with Crippen molar-refractivity contribution in [2.75, 3.05) is 6.54 Å². The first-order valence-corrected chi connectivity index (χ1v) is 8.38. The minimum Gasteiger partial charge on any atom is -0.336 e. The summed E-state index contributed by atoms with van der Waals surface area (Å²) >= 11 is 11.4. The largest absolute Gasteiger partial charge is 0.336 e. The maximum atomic E-state index is 12.5. The van der Waals surface area contributed by atoms with Crippen molar-refractivity contribution in [1.29, 1.82) is 0 Å². The van der Waals surface area contributed by atoms with Crippen molar-refractivity contribution in [2.24, 2.45) is 0 Å². The molecule has 20 heavy (non-hydrogen) atoms. The predicted octanol–water partition coefficient (Wildman–Crippen LogP) is 4.84. The highest BCUT2D eigenvalue weighted by atomic mass is 79.9. The van der Waals surface area contributed by atoms with Crippen LogP contribution >= 0.6 is 38.9 Å². The zero-order chi connectivity index (χ0) is 14.5. The van der Waals surface area contributed by atoms with Gasteiger partial charge in [-0.25, -0.2) is 0 Å². The fraction of sp³-hybridized carbons (Fsp3) is 0.267. The highest BCUT2D eigenvalue weighted by Gasteiger charge is 2.23. The number of rotatable bonds is 5. The van der Waals surface area contributed by atoms with Crippen LogP contribution < -0.4 is 0 Å². The molecule has 0 fully saturated rings. The molecule has 0 spiro atoms. The first-order valence-electron chi connectivity index (χ1n) is 6.34. The molecule has 0 aliphatic heterocycles. The fourth-order valence-electron chi connectivity index (χ4n) is 1.90. The van der Waals surface area contributed by atoms with Crippen LogP contribution in [0.15, 0.2) is 46.3 Å². The Bertz CT molecular complexity index is 572. The molecule has 1 aromatic heterocycles. The van der Waals surface area contributed by atoms with Crippen molar-refractivity contribution in [3.8, 4) is 0 Å². The highest BCUT2D eigenvalue weighted by molar-refractivity contribution is 9.11. The van der Waals surface area contributed by atoms with E-state index in [4.69, 9.17) is 11.6 Å². The quantitative estimate of drug-likeness (QED) is 0.688. The maximum Gasteiger partial charge on any atom is 0.245 e. The van der Waals surface area contributed by atoms with Gasteiger partial charge < -0.3 is 4.90 Å². The number of carbonyl (C=O) groups excluding carboxylic acids is 1. The molecule has 0 bridgehead atoms. The first-order chi connectivity index (χ1) is 9.61. The number of likely N-dealkylation sites (N-methyl/N-ethyl adjacent to an activating group) is 1. The Balaban J connectivity index is 2.09. The third kappa shape index (κ3) is 3.84. The first kappa shape index (κ1) is 15.5. The smallest absolute Gasteiger partial charge is 0.245 e. The van der Waals surface area contributed by atoms with Crippen LogP contribution in [0.4, 0.5) is 0 Å². The number of hydrogen-bond donors (Lipinski definition) is 0. The molecule has 1 aromatic carbocycles. The summed E-state index contributed by atoms with van der Waals surface area (Å²) in [4.78, 5) is 15.4. The lowest BCUT2D eigenvalue weighted by atomic mass is 10.1. The molecule has 2 aromatic rings. The summed E-state index contributed by atoms with van der Waals surface area (Å²) in [5.41, 5.74) is 0.838. The van der Waals surface area contributed by atoms with Gasteiger partial charge in [-0.3, -0.25) is 4.79 Å². The molecule has 0 radical (unpaired) electrons. The molecule has 0 aliphatic carbocycles. The average Bonchev–Trinajstić information content (AvgIpc) is 2.89. The van der Waals surface area contributed by atoms with Gasteiger partial charge in [-0.05, 0) is 40.5 Å². The van der Waals surface area contributed by atoms with Crippen molar-refractivity contribution < 1.29 is 4.79 Å². The Morgan fingerprint density at radius 2 is 2.00 bits per heavy atom. The molecule has 2 rings (SSSR count). The summed E-state index contributed by atoms with van der Waals surface area (Å²) < 4.78 is 1.07. The average molecular weight is 373 g/mol. The Labute approximate surface area is 136 Å². The summed E-state index contributed by atoms with van der Waals surface area (Å²) in [5.74, 6) is -0.0510. The third-order valence-corrected chi connectivity index (χ3v) is 5.03. The molecule has 2 nitrogen and oxygen atoms in total. The van der Waals surface area contributed by atoms with Crippen molar-refractivity contribution in [3.05, 3.63) is 56.7 Å². The molecule has 5 heteroatoms. The van der Waals surface area contributed by atoms with Crippen LogP contribution in [-0.2, 0) is 11.3 Å². The molecule has 0 saturated heterocycles. The van der Waals surface area contributed by atoms with Gasteiger partial charge in [0.1, 0.15) is 5.38 Å². The number of nitrogens with zero attached hydrogens (tertiary/aromatic N) is 1. The van der Waals surface area contributed by atoms with Gasteiger partial charge in [-0.1, -0.05) is 30.3 Å². The second kappa shape index (κ2) is 7.25. The second-order valence-corrected chi connectivity index (χ2v) is 7.32. The van der Waals surface area contributed by atoms with Crippen LogP contribution in [0.1, 0.15) is 22.7 Å². The molecule has 0 N–H and O–H groups in total. The SMILES string of the molecule is CCN(Cc1ccc(Br)s1)C(=O)C(Cl)c1ccccc1. The van der Waals surface area contributed by atoms with Crippen LogP contribution in [-0.4, -0.2) is 17.4 Å². The minimum absolute atomic E-state index is 0.0510. The number of benzene rings is 1. The topological polar surface area (TPSA) is 20.3 Å². The van der Waals surface area contributed by atoms with Crippen LogP contribution in [0.25, 0.3) is 0 Å². The standard InChI is InChI=1S/C15H15BrClNOS/c1-2-18(10-12-8-9-13(16)20-12)15(19)14(17)11-6-4-3-5-7-11/h3-9,14H,2,10H2,1H3. The molecule has 1 atom stereocenters. The Kier molecular flexibility index (Phi) is 5.64. The summed E-state index contributed by atoms with van der Waals surface area (Å²) in [6, 6.07) is 13.5. The van der Waals surface area contributed by atoms with Gasteiger partial charge >= 0.3 is 0 Å². The lowest BCUT2D eigenvalue weighted by molar-refractivity contribution is -0.131. The van der Waals surface area contributed by atoms with Crippen molar-refractivity contribution in [2.45, 2.75) is 18.8 Å². The van der Waals surface area contributed by atoms with Gasteiger partial charge in [0, 0.05) is 11.4 Å². The van der Waals surface area contributed by atoms with E-state index in [1.807, 2.05) is 49.4 Å². The normalized spacial score (nSPS) is 12.2. The van der Waals surface area contributed by atoms with E-state index in [1.165, 1.54) is 0 Å². The van der Waals surface area contributed by atoms with Crippen LogP contribution in [0.3, 0.4) is 0 Å². The third-order valence-electron chi connectivity index (χ3n) is 2.98. The number of amides is 1. The van der Waals surface area contributed by atoms with Crippen molar-refractivity contribution in [1.82, 2.24) is 4.90 Å². The number of carbonyl (C=O) groups is 1. The van der Waals surface area contributed by atoms with Crippen LogP contribution in [0, 0.1) is 0 Å². The lowest BCUT2D eigenvalue weighted by Gasteiger charge is -2.23. The number of hydrogen-bond acceptors (Lipinski definition) is 2. The van der Waals surface area contributed by atoms with Crippen molar-refractivity contribution in [3.63, 3.8) is 0 Å². The molecular weight excluding hydrogens is 358 g/mol. The number of alkyl halides is 1. The Morgan fingerprint density at radius 1 is 1.30 bits per heavy atom. The fourth-order valence-corrected chi connectivity index (χ4v) is 3.68. The molecule has 0 saturated carbocycles. The maximum absolute atomic E-state index is 12.5. The van der Waals surface area contributed by atoms with E-state index >= 15 is 0 Å². The van der Waals surface area contributed by atoms with Gasteiger partial charge in [0.25, 0.3) is 0 Å². The molecule has 106 valence electrons. The number of halogens is 2. The van der Waals surface area contributed by atoms with E-state index in [1.54, 1.807) is 16.2 Å². The summed E-state index contributed by atoms with van der Waals surface area (Å²) in [7, 11) is 0. The zero-order valence-corrected chi connectivity index (χ0v) is 14.2. The Hall–Kier alpha value is -0.840. The zero-order valence-electron chi connectivity index (χ0n) is 11.1. The van der Waals surface area contributed by atoms with Gasteiger partial charge in [0.2, 0.25) is 5.91 Å². The van der Waals surface area contributed by atoms with Gasteiger partial charge in [-0.2, -0.15) is 0 Å². The minimum atomic E-state index is -0.625. The van der Waals surface area contributed by atoms with E-state index in [0.717, 1.165) is 14.2 Å². The number of thiophene rings is 1. The molecule has 1 unspecified atom stereocenters. The van der Waals surface area contributed by atoms with E-state index in [9.17, 15) is 4.79 Å². The molecule has 1 heterocycles. The molecule has 0 aliphatic rings. The van der Waals surface area contributed by atoms with E-state index < -0.39 is 5.38 Å². The molecule has 1 amide bonds.